The molecule has 1 saturated heterocycles. The fourth-order valence-electron chi connectivity index (χ4n) is 2.04. The van der Waals surface area contributed by atoms with Crippen LogP contribution in [0.25, 0.3) is 0 Å². The highest BCUT2D eigenvalue weighted by Gasteiger charge is 2.32. The molecule has 1 heterocycles. The molecule has 1 fully saturated rings. The van der Waals surface area contributed by atoms with Crippen LogP contribution in [0, 0.1) is 0 Å². The van der Waals surface area contributed by atoms with E-state index in [1.807, 2.05) is 0 Å². The topological polar surface area (TPSA) is 29.5 Å². The van der Waals surface area contributed by atoms with Crippen molar-refractivity contribution in [3.05, 3.63) is 35.4 Å². The summed E-state index contributed by atoms with van der Waals surface area (Å²) in [7, 11) is 0. The minimum atomic E-state index is -4.47. The predicted molar refractivity (Wildman–Crippen MR) is 67.8 cm³/mol. The Bertz CT molecular complexity index is 493. The molecular formula is C13H13ClF3NO2. The second kappa shape index (κ2) is 6.01. The van der Waals surface area contributed by atoms with Gasteiger partial charge in [-0.1, -0.05) is 6.07 Å². The van der Waals surface area contributed by atoms with Crippen LogP contribution < -0.4 is 0 Å². The van der Waals surface area contributed by atoms with Crippen LogP contribution >= 0.6 is 11.6 Å². The largest absolute Gasteiger partial charge is 0.416 e. The standard InChI is InChI=1S/C13H13ClF3NO2/c14-7-11-8-20-5-4-18(11)12(19)9-2-1-3-10(6-9)13(15,16)17/h1-3,6,11H,4-5,7-8H2. The zero-order valence-corrected chi connectivity index (χ0v) is 11.2. The Labute approximate surface area is 119 Å². The van der Waals surface area contributed by atoms with Crippen molar-refractivity contribution in [2.24, 2.45) is 0 Å². The maximum absolute atomic E-state index is 12.7. The van der Waals surface area contributed by atoms with Crippen molar-refractivity contribution in [2.75, 3.05) is 25.6 Å². The van der Waals surface area contributed by atoms with E-state index in [1.165, 1.54) is 17.0 Å². The smallest absolute Gasteiger partial charge is 0.377 e. The molecule has 110 valence electrons. The maximum atomic E-state index is 12.7. The van der Waals surface area contributed by atoms with Crippen molar-refractivity contribution in [1.82, 2.24) is 4.90 Å². The van der Waals surface area contributed by atoms with Gasteiger partial charge in [0.2, 0.25) is 0 Å². The molecule has 1 amide bonds. The normalized spacial score (nSPS) is 20.0. The van der Waals surface area contributed by atoms with E-state index in [-0.39, 0.29) is 17.5 Å². The molecular weight excluding hydrogens is 295 g/mol. The first-order chi connectivity index (χ1) is 9.43. The number of ether oxygens (including phenoxy) is 1. The van der Waals surface area contributed by atoms with Crippen molar-refractivity contribution in [3.63, 3.8) is 0 Å². The lowest BCUT2D eigenvalue weighted by Crippen LogP contribution is -2.49. The van der Waals surface area contributed by atoms with Crippen molar-refractivity contribution >= 4 is 17.5 Å². The minimum Gasteiger partial charge on any atom is -0.377 e. The molecule has 1 aliphatic rings. The van der Waals surface area contributed by atoms with Gasteiger partial charge in [0.25, 0.3) is 5.91 Å². The lowest BCUT2D eigenvalue weighted by molar-refractivity contribution is -0.137. The number of benzene rings is 1. The fourth-order valence-corrected chi connectivity index (χ4v) is 2.30. The number of hydrogen-bond acceptors (Lipinski definition) is 2. The summed E-state index contributed by atoms with van der Waals surface area (Å²) in [5, 5.41) is 0. The number of amides is 1. The Morgan fingerprint density at radius 1 is 1.45 bits per heavy atom. The number of nitrogens with zero attached hydrogens (tertiary/aromatic N) is 1. The summed E-state index contributed by atoms with van der Waals surface area (Å²) in [5.74, 6) is -0.268. The summed E-state index contributed by atoms with van der Waals surface area (Å²) in [5.41, 5.74) is -0.823. The quantitative estimate of drug-likeness (QED) is 0.786. The molecule has 0 radical (unpaired) electrons. The summed E-state index contributed by atoms with van der Waals surface area (Å²) in [6.45, 7) is 0.985. The molecule has 1 unspecified atom stereocenters. The van der Waals surface area contributed by atoms with Gasteiger partial charge in [0.15, 0.2) is 0 Å². The summed E-state index contributed by atoms with van der Waals surface area (Å²) in [4.78, 5) is 13.8. The Morgan fingerprint density at radius 2 is 2.20 bits per heavy atom. The second-order valence-electron chi connectivity index (χ2n) is 4.46. The molecule has 0 saturated carbocycles. The number of alkyl halides is 4. The van der Waals surface area contributed by atoms with Crippen LogP contribution in [0.5, 0.6) is 0 Å². The number of rotatable bonds is 2. The highest BCUT2D eigenvalue weighted by Crippen LogP contribution is 2.30. The van der Waals surface area contributed by atoms with Crippen molar-refractivity contribution in [2.45, 2.75) is 12.2 Å². The Hall–Kier alpha value is -1.27. The average Bonchev–Trinajstić information content (AvgIpc) is 2.45. The van der Waals surface area contributed by atoms with Gasteiger partial charge >= 0.3 is 6.18 Å². The van der Waals surface area contributed by atoms with Crippen molar-refractivity contribution in [1.29, 1.82) is 0 Å². The molecule has 1 atom stereocenters. The van der Waals surface area contributed by atoms with E-state index < -0.39 is 17.6 Å². The Morgan fingerprint density at radius 3 is 2.85 bits per heavy atom. The van der Waals surface area contributed by atoms with Gasteiger partial charge in [-0.3, -0.25) is 4.79 Å². The first kappa shape index (κ1) is 15.1. The Kier molecular flexibility index (Phi) is 4.55. The molecule has 7 heteroatoms. The van der Waals surface area contributed by atoms with E-state index >= 15 is 0 Å². The van der Waals surface area contributed by atoms with Crippen molar-refractivity contribution in [3.8, 4) is 0 Å². The van der Waals surface area contributed by atoms with E-state index in [0.717, 1.165) is 12.1 Å². The molecule has 3 nitrogen and oxygen atoms in total. The first-order valence-corrected chi connectivity index (χ1v) is 6.59. The molecule has 1 aromatic rings. The van der Waals surface area contributed by atoms with E-state index in [2.05, 4.69) is 0 Å². The van der Waals surface area contributed by atoms with Crippen LogP contribution in [0.3, 0.4) is 0 Å². The first-order valence-electron chi connectivity index (χ1n) is 6.05. The van der Waals surface area contributed by atoms with Gasteiger partial charge in [0.05, 0.1) is 24.8 Å². The van der Waals surface area contributed by atoms with E-state index in [4.69, 9.17) is 16.3 Å². The van der Waals surface area contributed by atoms with Gasteiger partial charge in [0, 0.05) is 18.0 Å². The fraction of sp³-hybridized carbons (Fsp3) is 0.462. The number of carbonyl (C=O) groups excluding carboxylic acids is 1. The molecule has 1 aliphatic heterocycles. The van der Waals surface area contributed by atoms with Crippen LogP contribution in [-0.4, -0.2) is 42.5 Å². The lowest BCUT2D eigenvalue weighted by atomic mass is 10.1. The molecule has 0 aromatic heterocycles. The zero-order valence-electron chi connectivity index (χ0n) is 10.5. The SMILES string of the molecule is O=C(c1cccc(C(F)(F)F)c1)N1CCOCC1CCl. The van der Waals surface area contributed by atoms with Gasteiger partial charge < -0.3 is 9.64 Å². The number of carbonyl (C=O) groups is 1. The summed E-state index contributed by atoms with van der Waals surface area (Å²) in [6, 6.07) is 4.09. The third-order valence-electron chi connectivity index (χ3n) is 3.10. The van der Waals surface area contributed by atoms with Gasteiger partial charge in [0.1, 0.15) is 0 Å². The number of hydrogen-bond donors (Lipinski definition) is 0. The molecule has 0 N–H and O–H groups in total. The summed E-state index contributed by atoms with van der Waals surface area (Å²) in [6.07, 6.45) is -4.47. The molecule has 0 bridgehead atoms. The average molecular weight is 308 g/mol. The van der Waals surface area contributed by atoms with Crippen molar-refractivity contribution < 1.29 is 22.7 Å². The molecule has 0 spiro atoms. The van der Waals surface area contributed by atoms with E-state index in [9.17, 15) is 18.0 Å². The number of halogens is 4. The zero-order chi connectivity index (χ0) is 14.8. The van der Waals surface area contributed by atoms with Gasteiger partial charge in [-0.05, 0) is 18.2 Å². The van der Waals surface area contributed by atoms with Gasteiger partial charge in [-0.15, -0.1) is 11.6 Å². The van der Waals surface area contributed by atoms with Gasteiger partial charge in [-0.25, -0.2) is 0 Å². The third kappa shape index (κ3) is 3.24. The lowest BCUT2D eigenvalue weighted by Gasteiger charge is -2.34. The Balaban J connectivity index is 2.24. The van der Waals surface area contributed by atoms with E-state index in [0.29, 0.717) is 19.8 Å². The van der Waals surface area contributed by atoms with E-state index in [1.54, 1.807) is 0 Å². The molecule has 2 rings (SSSR count). The molecule has 1 aromatic carbocycles. The predicted octanol–water partition coefficient (Wildman–Crippen LogP) is 2.79. The van der Waals surface area contributed by atoms with Crippen LogP contribution in [0.2, 0.25) is 0 Å². The van der Waals surface area contributed by atoms with Gasteiger partial charge in [-0.2, -0.15) is 13.2 Å². The van der Waals surface area contributed by atoms with Crippen LogP contribution in [0.1, 0.15) is 15.9 Å². The highest BCUT2D eigenvalue weighted by molar-refractivity contribution is 6.18. The molecule has 20 heavy (non-hydrogen) atoms. The van der Waals surface area contributed by atoms with Crippen LogP contribution in [0.15, 0.2) is 24.3 Å². The van der Waals surface area contributed by atoms with Crippen LogP contribution in [0.4, 0.5) is 13.2 Å². The van der Waals surface area contributed by atoms with Crippen LogP contribution in [-0.2, 0) is 10.9 Å². The number of morpholine rings is 1. The second-order valence-corrected chi connectivity index (χ2v) is 4.77. The highest BCUT2D eigenvalue weighted by atomic mass is 35.5. The molecule has 0 aliphatic carbocycles. The third-order valence-corrected chi connectivity index (χ3v) is 3.46. The minimum absolute atomic E-state index is 0.0110. The monoisotopic (exact) mass is 307 g/mol. The summed E-state index contributed by atoms with van der Waals surface area (Å²) < 4.78 is 43.2. The summed E-state index contributed by atoms with van der Waals surface area (Å²) >= 11 is 5.76. The maximum Gasteiger partial charge on any atom is 0.416 e.